The van der Waals surface area contributed by atoms with Crippen molar-refractivity contribution in [2.24, 2.45) is 9.98 Å². The van der Waals surface area contributed by atoms with Crippen molar-refractivity contribution >= 4 is 29.3 Å². The lowest BCUT2D eigenvalue weighted by Gasteiger charge is -2.13. The van der Waals surface area contributed by atoms with Crippen LogP contribution in [0.1, 0.15) is 38.3 Å². The molecule has 2 aromatic rings. The van der Waals surface area contributed by atoms with Crippen LogP contribution in [0.3, 0.4) is 0 Å². The number of aromatic nitrogens is 2. The summed E-state index contributed by atoms with van der Waals surface area (Å²) >= 11 is 1.64. The maximum Gasteiger partial charge on any atom is 0.416 e. The zero-order valence-corrected chi connectivity index (χ0v) is 18.3. The van der Waals surface area contributed by atoms with Crippen LogP contribution in [0.4, 0.5) is 19.0 Å². The molecule has 0 aliphatic carbocycles. The van der Waals surface area contributed by atoms with Gasteiger partial charge in [0.15, 0.2) is 5.82 Å². The lowest BCUT2D eigenvalue weighted by Crippen LogP contribution is -2.29. The Kier molecular flexibility index (Phi) is 8.71. The van der Waals surface area contributed by atoms with Gasteiger partial charge in [-0.05, 0) is 38.7 Å². The molecule has 0 saturated carbocycles. The molecule has 1 heterocycles. The molecule has 9 heteroatoms. The predicted octanol–water partition coefficient (Wildman–Crippen LogP) is 5.67. The third-order valence-electron chi connectivity index (χ3n) is 4.17. The molecule has 2 rings (SSSR count). The maximum absolute atomic E-state index is 12.9. The second kappa shape index (κ2) is 11.0. The molecular formula is C21H26F3N5S. The first-order valence-electron chi connectivity index (χ1n) is 9.57. The van der Waals surface area contributed by atoms with Gasteiger partial charge in [-0.25, -0.2) is 9.67 Å². The summed E-state index contributed by atoms with van der Waals surface area (Å²) in [6.07, 6.45) is 2.29. The van der Waals surface area contributed by atoms with E-state index < -0.39 is 11.7 Å². The van der Waals surface area contributed by atoms with E-state index in [0.29, 0.717) is 36.1 Å². The topological polar surface area (TPSA) is 54.6 Å². The lowest BCUT2D eigenvalue weighted by atomic mass is 10.1. The monoisotopic (exact) mass is 437 g/mol. The number of nitrogens with zero attached hydrogens (tertiary/aromatic N) is 4. The SMILES string of the molecule is CC/C=C(/CN=C(C)NC(=Nc1ccnn1CC)c1ccc(C(F)(F)F)cc1)SC. The molecule has 5 nitrogen and oxygen atoms in total. The van der Waals surface area contributed by atoms with Gasteiger partial charge in [-0.3, -0.25) is 4.99 Å². The van der Waals surface area contributed by atoms with Crippen molar-refractivity contribution in [1.29, 1.82) is 0 Å². The molecule has 162 valence electrons. The smallest absolute Gasteiger partial charge is 0.328 e. The highest BCUT2D eigenvalue weighted by molar-refractivity contribution is 8.02. The summed E-state index contributed by atoms with van der Waals surface area (Å²) in [6, 6.07) is 6.65. The van der Waals surface area contributed by atoms with E-state index in [9.17, 15) is 13.2 Å². The van der Waals surface area contributed by atoms with Crippen molar-refractivity contribution in [1.82, 2.24) is 15.1 Å². The van der Waals surface area contributed by atoms with Crippen LogP contribution in [0, 0.1) is 0 Å². The highest BCUT2D eigenvalue weighted by Crippen LogP contribution is 2.29. The number of amidine groups is 2. The molecule has 0 spiro atoms. The molecule has 30 heavy (non-hydrogen) atoms. The standard InChI is InChI=1S/C21H26F3N5S/c1-5-7-18(30-4)14-25-15(3)27-20(28-19-12-13-26-29(19)6-2)16-8-10-17(11-9-16)21(22,23)24/h7-13H,5-6,14H2,1-4H3,(H,25,27,28)/b18-7-. The molecule has 1 aromatic carbocycles. The lowest BCUT2D eigenvalue weighted by molar-refractivity contribution is -0.137. The Balaban J connectivity index is 2.36. The molecule has 0 aliphatic rings. The second-order valence-corrected chi connectivity index (χ2v) is 7.28. The highest BCUT2D eigenvalue weighted by atomic mass is 32.2. The van der Waals surface area contributed by atoms with E-state index in [1.807, 2.05) is 13.2 Å². The van der Waals surface area contributed by atoms with Crippen LogP contribution in [0.25, 0.3) is 0 Å². The zero-order chi connectivity index (χ0) is 22.1. The van der Waals surface area contributed by atoms with E-state index in [-0.39, 0.29) is 0 Å². The maximum atomic E-state index is 12.9. The number of rotatable bonds is 7. The van der Waals surface area contributed by atoms with E-state index in [2.05, 4.69) is 33.4 Å². The molecule has 0 fully saturated rings. The zero-order valence-electron chi connectivity index (χ0n) is 17.5. The molecule has 0 atom stereocenters. The Morgan fingerprint density at radius 3 is 2.47 bits per heavy atom. The van der Waals surface area contributed by atoms with Crippen molar-refractivity contribution in [2.45, 2.75) is 39.9 Å². The summed E-state index contributed by atoms with van der Waals surface area (Å²) in [5, 5.41) is 7.33. The van der Waals surface area contributed by atoms with E-state index in [1.165, 1.54) is 12.1 Å². The van der Waals surface area contributed by atoms with Gasteiger partial charge in [-0.1, -0.05) is 25.1 Å². The van der Waals surface area contributed by atoms with Gasteiger partial charge < -0.3 is 5.32 Å². The minimum Gasteiger partial charge on any atom is -0.328 e. The van der Waals surface area contributed by atoms with Gasteiger partial charge >= 0.3 is 6.18 Å². The predicted molar refractivity (Wildman–Crippen MR) is 119 cm³/mol. The minimum absolute atomic E-state index is 0.408. The van der Waals surface area contributed by atoms with Crippen LogP contribution in [0.15, 0.2) is 57.5 Å². The molecule has 0 amide bonds. The fourth-order valence-corrected chi connectivity index (χ4v) is 3.14. The minimum atomic E-state index is -4.39. The first-order valence-corrected chi connectivity index (χ1v) is 10.8. The van der Waals surface area contributed by atoms with Gasteiger partial charge in [0.1, 0.15) is 5.84 Å². The third-order valence-corrected chi connectivity index (χ3v) is 4.99. The van der Waals surface area contributed by atoms with Crippen molar-refractivity contribution in [2.75, 3.05) is 12.8 Å². The average Bonchev–Trinajstić information content (AvgIpc) is 3.17. The summed E-state index contributed by atoms with van der Waals surface area (Å²) in [7, 11) is 0. The highest BCUT2D eigenvalue weighted by Gasteiger charge is 2.30. The number of aliphatic imine (C=N–C) groups is 2. The molecule has 0 saturated heterocycles. The summed E-state index contributed by atoms with van der Waals surface area (Å²) in [4.78, 5) is 10.3. The third kappa shape index (κ3) is 6.76. The van der Waals surface area contributed by atoms with Crippen molar-refractivity contribution in [3.8, 4) is 0 Å². The number of benzene rings is 1. The molecule has 0 aliphatic heterocycles. The van der Waals surface area contributed by atoms with Gasteiger partial charge in [-0.2, -0.15) is 18.3 Å². The van der Waals surface area contributed by atoms with Crippen molar-refractivity contribution < 1.29 is 13.2 Å². The van der Waals surface area contributed by atoms with Crippen LogP contribution in [-0.2, 0) is 12.7 Å². The summed E-state index contributed by atoms with van der Waals surface area (Å²) in [6.45, 7) is 6.96. The Hall–Kier alpha value is -2.55. The number of hydrogen-bond acceptors (Lipinski definition) is 4. The van der Waals surface area contributed by atoms with Gasteiger partial charge in [0.05, 0.1) is 24.1 Å². The van der Waals surface area contributed by atoms with Crippen LogP contribution in [-0.4, -0.2) is 34.3 Å². The van der Waals surface area contributed by atoms with E-state index in [4.69, 9.17) is 0 Å². The van der Waals surface area contributed by atoms with Gasteiger partial charge in [-0.15, -0.1) is 11.8 Å². The van der Waals surface area contributed by atoms with Gasteiger partial charge in [0.25, 0.3) is 0 Å². The Labute approximate surface area is 179 Å². The fourth-order valence-electron chi connectivity index (χ4n) is 2.61. The van der Waals surface area contributed by atoms with Gasteiger partial charge in [0.2, 0.25) is 0 Å². The second-order valence-electron chi connectivity index (χ2n) is 6.35. The number of thioether (sulfide) groups is 1. The largest absolute Gasteiger partial charge is 0.416 e. The van der Waals surface area contributed by atoms with E-state index in [0.717, 1.165) is 23.5 Å². The normalized spacial score (nSPS) is 13.6. The van der Waals surface area contributed by atoms with Gasteiger partial charge in [0, 0.05) is 23.1 Å². The molecule has 0 unspecified atom stereocenters. The Morgan fingerprint density at radius 1 is 1.20 bits per heavy atom. The first kappa shape index (κ1) is 23.7. The first-order chi connectivity index (χ1) is 14.3. The van der Waals surface area contributed by atoms with Crippen LogP contribution < -0.4 is 5.32 Å². The summed E-state index contributed by atoms with van der Waals surface area (Å²) in [5.74, 6) is 1.63. The summed E-state index contributed by atoms with van der Waals surface area (Å²) < 4.78 is 40.5. The van der Waals surface area contributed by atoms with Crippen LogP contribution in [0.5, 0.6) is 0 Å². The van der Waals surface area contributed by atoms with E-state index in [1.54, 1.807) is 35.6 Å². The Morgan fingerprint density at radius 2 is 1.90 bits per heavy atom. The molecule has 1 N–H and O–H groups in total. The number of halogens is 3. The molecule has 0 bridgehead atoms. The van der Waals surface area contributed by atoms with Crippen LogP contribution in [0.2, 0.25) is 0 Å². The summed E-state index contributed by atoms with van der Waals surface area (Å²) in [5.41, 5.74) is -0.181. The fraction of sp³-hybridized carbons (Fsp3) is 0.381. The number of allylic oxidation sites excluding steroid dienone is 1. The quantitative estimate of drug-likeness (QED) is 0.449. The molecular weight excluding hydrogens is 411 g/mol. The number of nitrogens with one attached hydrogen (secondary N) is 1. The van der Waals surface area contributed by atoms with Crippen molar-refractivity contribution in [3.63, 3.8) is 0 Å². The van der Waals surface area contributed by atoms with E-state index >= 15 is 0 Å². The number of hydrogen-bond donors (Lipinski definition) is 1. The molecule has 1 aromatic heterocycles. The van der Waals surface area contributed by atoms with Crippen LogP contribution >= 0.6 is 11.8 Å². The Bertz CT molecular complexity index is 911. The average molecular weight is 438 g/mol. The number of aryl methyl sites for hydroxylation is 1. The number of alkyl halides is 3. The van der Waals surface area contributed by atoms with Crippen molar-refractivity contribution in [3.05, 3.63) is 58.6 Å². The molecule has 0 radical (unpaired) electrons.